The molecule has 0 aromatic carbocycles. The molecule has 0 aliphatic carbocycles. The quantitative estimate of drug-likeness (QED) is 0.476. The largest absolute Gasteiger partial charge is 0.430 e. The van der Waals surface area contributed by atoms with Gasteiger partial charge in [0.05, 0.1) is 6.23 Å². The molecule has 0 aromatic rings. The zero-order valence-electron chi connectivity index (χ0n) is 12.5. The third-order valence-electron chi connectivity index (χ3n) is 2.95. The molecule has 0 fully saturated rings. The summed E-state index contributed by atoms with van der Waals surface area (Å²) < 4.78 is 5.97. The highest BCUT2D eigenvalue weighted by molar-refractivity contribution is 6.74. The summed E-state index contributed by atoms with van der Waals surface area (Å²) in [6.45, 7) is 10.7. The fourth-order valence-electron chi connectivity index (χ4n) is 1.78. The van der Waals surface area contributed by atoms with Crippen molar-refractivity contribution >= 4 is 16.6 Å². The maximum absolute atomic E-state index is 9.79. The van der Waals surface area contributed by atoms with E-state index in [-0.39, 0.29) is 0 Å². The zero-order valence-corrected chi connectivity index (χ0v) is 14.5. The fourth-order valence-corrected chi connectivity index (χ4v) is 6.00. The molecule has 2 nitrogen and oxygen atoms in total. The van der Waals surface area contributed by atoms with E-state index in [1.165, 1.54) is 44.6 Å². The normalized spacial score (nSPS) is 13.1. The summed E-state index contributed by atoms with van der Waals surface area (Å²) in [4.78, 5) is 9.79. The van der Waals surface area contributed by atoms with Gasteiger partial charge >= 0.3 is 0 Å². The molecule has 0 aromatic heterocycles. The first-order valence-corrected chi connectivity index (χ1v) is 13.4. The Hall–Kier alpha value is 0.354. The van der Waals surface area contributed by atoms with Crippen molar-refractivity contribution in [2.24, 2.45) is 0 Å². The Morgan fingerprint density at radius 1 is 0.882 bits per heavy atom. The Kier molecular flexibility index (Phi) is 8.63. The van der Waals surface area contributed by atoms with Crippen LogP contribution in [0.3, 0.4) is 0 Å². The van der Waals surface area contributed by atoms with Crippen molar-refractivity contribution < 1.29 is 9.22 Å². The number of rotatable bonds is 10. The second-order valence-corrected chi connectivity index (χ2v) is 14.6. The minimum Gasteiger partial charge on any atom is -0.430 e. The first-order valence-electron chi connectivity index (χ1n) is 7.13. The van der Waals surface area contributed by atoms with E-state index in [0.717, 1.165) is 0 Å². The highest BCUT2D eigenvalue weighted by atomic mass is 28.4. The number of hydrogen-bond donors (Lipinski definition) is 1. The Morgan fingerprint density at radius 2 is 1.41 bits per heavy atom. The van der Waals surface area contributed by atoms with E-state index < -0.39 is 16.6 Å². The summed E-state index contributed by atoms with van der Waals surface area (Å²) >= 11 is 0. The third-order valence-corrected chi connectivity index (χ3v) is 6.57. The molecule has 0 bridgehead atoms. The molecule has 0 radical (unpaired) electrons. The van der Waals surface area contributed by atoms with Gasteiger partial charge in [-0.05, 0) is 32.2 Å². The molecule has 0 heterocycles. The number of unbranched alkanes of at least 4 members (excludes halogenated alkanes) is 5. The van der Waals surface area contributed by atoms with Crippen molar-refractivity contribution in [2.45, 2.75) is 77.7 Å². The predicted molar refractivity (Wildman–Crippen MR) is 81.3 cm³/mol. The van der Waals surface area contributed by atoms with Gasteiger partial charge in [-0.1, -0.05) is 45.4 Å². The lowest BCUT2D eigenvalue weighted by molar-refractivity contribution is 0.338. The molecule has 0 atom stereocenters. The Bertz CT molecular complexity index is 188. The molecule has 17 heavy (non-hydrogen) atoms. The van der Waals surface area contributed by atoms with Crippen LogP contribution in [0.1, 0.15) is 45.4 Å². The summed E-state index contributed by atoms with van der Waals surface area (Å²) in [6, 6.07) is 1.24. The highest BCUT2D eigenvalue weighted by Gasteiger charge is 2.26. The highest BCUT2D eigenvalue weighted by Crippen LogP contribution is 2.18. The molecule has 104 valence electrons. The lowest BCUT2D eigenvalue weighted by Crippen LogP contribution is -2.40. The molecule has 0 spiro atoms. The lowest BCUT2D eigenvalue weighted by Gasteiger charge is -2.26. The van der Waals surface area contributed by atoms with Crippen LogP contribution >= 0.6 is 0 Å². The van der Waals surface area contributed by atoms with Crippen molar-refractivity contribution in [3.8, 4) is 0 Å². The van der Waals surface area contributed by atoms with Crippen LogP contribution in [0.2, 0.25) is 32.2 Å². The van der Waals surface area contributed by atoms with E-state index in [0.29, 0.717) is 6.23 Å². The van der Waals surface area contributed by atoms with Gasteiger partial charge in [-0.3, -0.25) is 0 Å². The fraction of sp³-hybridized carbons (Fsp3) is 1.00. The maximum Gasteiger partial charge on any atom is 0.206 e. The topological polar surface area (TPSA) is 29.5 Å². The summed E-state index contributed by atoms with van der Waals surface area (Å²) in [5.41, 5.74) is 0. The SMILES string of the molecule is CCCCCCCC[Si](C)(C)OC[Si](C)(C)O. The van der Waals surface area contributed by atoms with E-state index in [4.69, 9.17) is 4.43 Å². The standard InChI is InChI=1S/C13H32O2Si2/c1-6-7-8-9-10-11-12-17(4,5)15-13-16(2,3)14/h14H,6-13H2,1-5H3. The first kappa shape index (κ1) is 17.4. The third kappa shape index (κ3) is 12.6. The summed E-state index contributed by atoms with van der Waals surface area (Å²) in [5.74, 6) is 0. The van der Waals surface area contributed by atoms with Gasteiger partial charge in [0.15, 0.2) is 8.32 Å². The second kappa shape index (κ2) is 8.45. The van der Waals surface area contributed by atoms with E-state index >= 15 is 0 Å². The molecule has 1 N–H and O–H groups in total. The molecule has 0 saturated carbocycles. The molecule has 0 unspecified atom stereocenters. The van der Waals surface area contributed by atoms with E-state index in [1.807, 2.05) is 13.1 Å². The van der Waals surface area contributed by atoms with Gasteiger partial charge < -0.3 is 9.22 Å². The van der Waals surface area contributed by atoms with Crippen molar-refractivity contribution in [2.75, 3.05) is 6.23 Å². The minimum absolute atomic E-state index is 0.613. The Morgan fingerprint density at radius 3 is 1.94 bits per heavy atom. The van der Waals surface area contributed by atoms with Crippen LogP contribution < -0.4 is 0 Å². The minimum atomic E-state index is -2.02. The summed E-state index contributed by atoms with van der Waals surface area (Å²) in [5, 5.41) is 0. The molecule has 0 rings (SSSR count). The van der Waals surface area contributed by atoms with Crippen molar-refractivity contribution in [3.05, 3.63) is 0 Å². The van der Waals surface area contributed by atoms with E-state index in [2.05, 4.69) is 20.0 Å². The van der Waals surface area contributed by atoms with Crippen molar-refractivity contribution in [3.63, 3.8) is 0 Å². The molecule has 0 saturated heterocycles. The monoisotopic (exact) mass is 276 g/mol. The lowest BCUT2D eigenvalue weighted by atomic mass is 10.1. The molecular weight excluding hydrogens is 244 g/mol. The van der Waals surface area contributed by atoms with Gasteiger partial charge in [-0.2, -0.15) is 0 Å². The molecule has 0 aliphatic heterocycles. The van der Waals surface area contributed by atoms with E-state index in [1.54, 1.807) is 0 Å². The Balaban J connectivity index is 3.57. The van der Waals surface area contributed by atoms with Gasteiger partial charge in [0, 0.05) is 0 Å². The van der Waals surface area contributed by atoms with Gasteiger partial charge in [0.2, 0.25) is 8.32 Å². The average molecular weight is 277 g/mol. The van der Waals surface area contributed by atoms with Crippen LogP contribution in [0.5, 0.6) is 0 Å². The zero-order chi connectivity index (χ0) is 13.4. The smallest absolute Gasteiger partial charge is 0.206 e. The summed E-state index contributed by atoms with van der Waals surface area (Å²) in [6.07, 6.45) is 8.72. The van der Waals surface area contributed by atoms with Crippen LogP contribution in [0.15, 0.2) is 0 Å². The van der Waals surface area contributed by atoms with Gasteiger partial charge in [-0.25, -0.2) is 0 Å². The number of hydrogen-bond acceptors (Lipinski definition) is 2. The van der Waals surface area contributed by atoms with Gasteiger partial charge in [0.25, 0.3) is 0 Å². The van der Waals surface area contributed by atoms with Gasteiger partial charge in [0.1, 0.15) is 0 Å². The first-order chi connectivity index (χ1) is 7.77. The molecular formula is C13H32O2Si2. The second-order valence-electron chi connectivity index (χ2n) is 6.38. The van der Waals surface area contributed by atoms with Crippen molar-refractivity contribution in [1.82, 2.24) is 0 Å². The maximum atomic E-state index is 9.79. The van der Waals surface area contributed by atoms with E-state index in [9.17, 15) is 4.80 Å². The van der Waals surface area contributed by atoms with Crippen LogP contribution in [-0.2, 0) is 4.43 Å². The van der Waals surface area contributed by atoms with Crippen LogP contribution in [0, 0.1) is 0 Å². The molecule has 4 heteroatoms. The van der Waals surface area contributed by atoms with Crippen LogP contribution in [0.25, 0.3) is 0 Å². The van der Waals surface area contributed by atoms with Crippen LogP contribution in [0.4, 0.5) is 0 Å². The van der Waals surface area contributed by atoms with Gasteiger partial charge in [-0.15, -0.1) is 0 Å². The molecule has 0 amide bonds. The average Bonchev–Trinajstić information content (AvgIpc) is 2.20. The Labute approximate surface area is 110 Å². The molecule has 0 aliphatic rings. The predicted octanol–water partition coefficient (Wildman–Crippen LogP) is 4.31. The summed E-state index contributed by atoms with van der Waals surface area (Å²) in [7, 11) is -3.53. The van der Waals surface area contributed by atoms with Crippen LogP contribution in [-0.4, -0.2) is 27.7 Å². The van der Waals surface area contributed by atoms with Crippen molar-refractivity contribution in [1.29, 1.82) is 0 Å².